The first-order valence-electron chi connectivity index (χ1n) is 8.16. The summed E-state index contributed by atoms with van der Waals surface area (Å²) in [5.41, 5.74) is 2.00. The second-order valence-corrected chi connectivity index (χ2v) is 7.27. The maximum atomic E-state index is 11.8. The minimum Gasteiger partial charge on any atom is -0.496 e. The summed E-state index contributed by atoms with van der Waals surface area (Å²) in [5.74, 6) is -0.571. The van der Waals surface area contributed by atoms with E-state index in [1.807, 2.05) is 35.7 Å². The summed E-state index contributed by atoms with van der Waals surface area (Å²) in [6.07, 6.45) is 0. The second kappa shape index (κ2) is 7.37. The van der Waals surface area contributed by atoms with Crippen molar-refractivity contribution in [2.75, 3.05) is 20.2 Å². The van der Waals surface area contributed by atoms with Crippen LogP contribution in [-0.2, 0) is 11.3 Å². The number of para-hydroxylation sites is 1. The van der Waals surface area contributed by atoms with Gasteiger partial charge >= 0.3 is 5.97 Å². The van der Waals surface area contributed by atoms with E-state index >= 15 is 0 Å². The highest BCUT2D eigenvalue weighted by atomic mass is 32.1. The van der Waals surface area contributed by atoms with Crippen LogP contribution in [0, 0.1) is 5.92 Å². The molecule has 1 aromatic heterocycles. The van der Waals surface area contributed by atoms with E-state index < -0.39 is 11.9 Å². The topological polar surface area (TPSA) is 66.8 Å². The Morgan fingerprint density at radius 3 is 2.72 bits per heavy atom. The predicted octanol–water partition coefficient (Wildman–Crippen LogP) is 3.26. The number of hydrogen-bond acceptors (Lipinski definition) is 5. The molecule has 0 saturated carbocycles. The van der Waals surface area contributed by atoms with Gasteiger partial charge in [-0.1, -0.05) is 18.2 Å². The van der Waals surface area contributed by atoms with Gasteiger partial charge in [0.25, 0.3) is 0 Å². The number of likely N-dealkylation sites (tertiary alicyclic amines) is 1. The van der Waals surface area contributed by atoms with Gasteiger partial charge in [0, 0.05) is 25.6 Å². The molecule has 0 radical (unpaired) electrons. The highest BCUT2D eigenvalue weighted by Gasteiger charge is 2.39. The van der Waals surface area contributed by atoms with Crippen molar-refractivity contribution in [2.45, 2.75) is 19.4 Å². The summed E-state index contributed by atoms with van der Waals surface area (Å²) in [6, 6.07) is 9.52. The lowest BCUT2D eigenvalue weighted by molar-refractivity contribution is -0.141. The zero-order valence-corrected chi connectivity index (χ0v) is 15.1. The number of benzene rings is 1. The number of aliphatic carboxylic acids is 1. The fourth-order valence-corrected chi connectivity index (χ4v) is 4.26. The van der Waals surface area contributed by atoms with E-state index in [2.05, 4.69) is 4.90 Å². The van der Waals surface area contributed by atoms with Crippen molar-refractivity contribution in [1.82, 2.24) is 4.90 Å². The molecule has 3 rings (SSSR count). The second-order valence-electron chi connectivity index (χ2n) is 6.36. The van der Waals surface area contributed by atoms with Crippen LogP contribution in [0.4, 0.5) is 0 Å². The molecule has 132 valence electrons. The van der Waals surface area contributed by atoms with Crippen LogP contribution in [-0.4, -0.2) is 42.0 Å². The normalized spacial score (nSPS) is 20.6. The van der Waals surface area contributed by atoms with Gasteiger partial charge in [-0.2, -0.15) is 0 Å². The zero-order chi connectivity index (χ0) is 18.0. The van der Waals surface area contributed by atoms with Gasteiger partial charge < -0.3 is 9.84 Å². The molecule has 0 amide bonds. The van der Waals surface area contributed by atoms with Crippen LogP contribution in [0.2, 0.25) is 0 Å². The van der Waals surface area contributed by atoms with E-state index in [0.29, 0.717) is 19.6 Å². The average Bonchev–Trinajstić information content (AvgIpc) is 3.22. The third-order valence-corrected chi connectivity index (χ3v) is 5.74. The smallest absolute Gasteiger partial charge is 0.308 e. The van der Waals surface area contributed by atoms with Crippen molar-refractivity contribution in [3.63, 3.8) is 0 Å². The summed E-state index contributed by atoms with van der Waals surface area (Å²) in [4.78, 5) is 26.1. The van der Waals surface area contributed by atoms with Crippen molar-refractivity contribution in [1.29, 1.82) is 0 Å². The molecule has 0 aliphatic carbocycles. The molecule has 25 heavy (non-hydrogen) atoms. The molecule has 1 aromatic carbocycles. The molecule has 1 aliphatic rings. The molecular formula is C19H21NO4S. The van der Waals surface area contributed by atoms with E-state index in [4.69, 9.17) is 4.74 Å². The molecule has 0 unspecified atom stereocenters. The third kappa shape index (κ3) is 3.75. The first-order valence-corrected chi connectivity index (χ1v) is 9.04. The first kappa shape index (κ1) is 17.6. The Labute approximate surface area is 150 Å². The van der Waals surface area contributed by atoms with Crippen LogP contribution in [0.3, 0.4) is 0 Å². The fraction of sp³-hybridized carbons (Fsp3) is 0.368. The van der Waals surface area contributed by atoms with Crippen molar-refractivity contribution in [3.05, 3.63) is 51.7 Å². The molecule has 1 N–H and O–H groups in total. The van der Waals surface area contributed by atoms with Gasteiger partial charge in [-0.05, 0) is 35.6 Å². The Morgan fingerprint density at radius 2 is 2.08 bits per heavy atom. The Hall–Kier alpha value is -2.18. The number of ether oxygens (including phenoxy) is 1. The molecule has 0 spiro atoms. The third-order valence-electron chi connectivity index (χ3n) is 4.66. The van der Waals surface area contributed by atoms with Crippen molar-refractivity contribution < 1.29 is 19.4 Å². The number of carbonyl (C=O) groups excluding carboxylic acids is 1. The lowest BCUT2D eigenvalue weighted by Crippen LogP contribution is -2.23. The number of methoxy groups -OCH3 is 1. The van der Waals surface area contributed by atoms with E-state index in [-0.39, 0.29) is 11.7 Å². The monoisotopic (exact) mass is 359 g/mol. The lowest BCUT2D eigenvalue weighted by Gasteiger charge is -2.18. The van der Waals surface area contributed by atoms with Gasteiger partial charge in [0.2, 0.25) is 0 Å². The van der Waals surface area contributed by atoms with Gasteiger partial charge in [-0.3, -0.25) is 14.5 Å². The molecule has 0 bridgehead atoms. The number of carboxylic acid groups (broad SMARTS) is 1. The number of nitrogens with zero attached hydrogens (tertiary/aromatic N) is 1. The van der Waals surface area contributed by atoms with Gasteiger partial charge in [0.05, 0.1) is 17.9 Å². The maximum Gasteiger partial charge on any atom is 0.308 e. The van der Waals surface area contributed by atoms with Crippen LogP contribution in [0.1, 0.15) is 33.6 Å². The number of Topliss-reactive ketones (excluding diaryl/α,β-unsaturated/α-hetero) is 1. The minimum atomic E-state index is -0.784. The molecule has 1 saturated heterocycles. The van der Waals surface area contributed by atoms with E-state index in [1.165, 1.54) is 11.3 Å². The Kier molecular flexibility index (Phi) is 5.20. The van der Waals surface area contributed by atoms with Crippen LogP contribution in [0.5, 0.6) is 5.75 Å². The van der Waals surface area contributed by atoms with E-state index in [9.17, 15) is 14.7 Å². The van der Waals surface area contributed by atoms with Gasteiger partial charge in [0.15, 0.2) is 5.78 Å². The molecule has 5 nitrogen and oxygen atoms in total. The number of hydrogen-bond donors (Lipinski definition) is 1. The maximum absolute atomic E-state index is 11.8. The van der Waals surface area contributed by atoms with Crippen molar-refractivity contribution in [3.8, 4) is 5.75 Å². The van der Waals surface area contributed by atoms with Crippen LogP contribution < -0.4 is 4.74 Å². The van der Waals surface area contributed by atoms with Crippen molar-refractivity contribution >= 4 is 23.1 Å². The fourth-order valence-electron chi connectivity index (χ4n) is 3.45. The molecular weight excluding hydrogens is 338 g/mol. The largest absolute Gasteiger partial charge is 0.496 e. The van der Waals surface area contributed by atoms with Gasteiger partial charge in [-0.15, -0.1) is 11.3 Å². The first-order chi connectivity index (χ1) is 12.0. The molecule has 6 heteroatoms. The van der Waals surface area contributed by atoms with E-state index in [1.54, 1.807) is 14.0 Å². The molecule has 2 heterocycles. The minimum absolute atomic E-state index is 0.0629. The highest BCUT2D eigenvalue weighted by molar-refractivity contribution is 7.12. The Morgan fingerprint density at radius 1 is 1.32 bits per heavy atom. The summed E-state index contributed by atoms with van der Waals surface area (Å²) >= 11 is 1.44. The SMILES string of the molecule is COc1ccccc1[C@@H]1CN(Cc2csc(C(C)=O)c2)C[C@H]1C(=O)O. The van der Waals surface area contributed by atoms with Gasteiger partial charge in [-0.25, -0.2) is 0 Å². The van der Waals surface area contributed by atoms with Crippen LogP contribution >= 0.6 is 11.3 Å². The summed E-state index contributed by atoms with van der Waals surface area (Å²) in [6.45, 7) is 3.36. The van der Waals surface area contributed by atoms with Gasteiger partial charge in [0.1, 0.15) is 5.75 Å². The number of thiophene rings is 1. The van der Waals surface area contributed by atoms with Crippen LogP contribution in [0.15, 0.2) is 35.7 Å². The molecule has 2 aromatic rings. The van der Waals surface area contributed by atoms with E-state index in [0.717, 1.165) is 21.8 Å². The lowest BCUT2D eigenvalue weighted by atomic mass is 9.88. The zero-order valence-electron chi connectivity index (χ0n) is 14.3. The highest BCUT2D eigenvalue weighted by Crippen LogP contribution is 2.38. The molecule has 2 atom stereocenters. The average molecular weight is 359 g/mol. The molecule has 1 fully saturated rings. The molecule has 1 aliphatic heterocycles. The number of ketones is 1. The quantitative estimate of drug-likeness (QED) is 0.802. The number of rotatable bonds is 6. The summed E-state index contributed by atoms with van der Waals surface area (Å²) in [7, 11) is 1.61. The Bertz CT molecular complexity index is 785. The van der Waals surface area contributed by atoms with Crippen LogP contribution in [0.25, 0.3) is 0 Å². The predicted molar refractivity (Wildman–Crippen MR) is 96.5 cm³/mol. The standard InChI is InChI=1S/C19H21NO4S/c1-12(21)18-7-13(11-25-18)8-20-9-15(16(10-20)19(22)23)14-5-3-4-6-17(14)24-2/h3-7,11,15-16H,8-10H2,1-2H3,(H,22,23)/t15-,16+/m0/s1. The number of carbonyl (C=O) groups is 2. The number of carboxylic acids is 1. The summed E-state index contributed by atoms with van der Waals surface area (Å²) < 4.78 is 5.42. The summed E-state index contributed by atoms with van der Waals surface area (Å²) in [5, 5.41) is 11.6. The van der Waals surface area contributed by atoms with Crippen molar-refractivity contribution in [2.24, 2.45) is 5.92 Å². The Balaban J connectivity index is 1.80.